The number of benzene rings is 2. The SMILES string of the molecule is OCC(CO)(CO)n1cc(-c2cccc3c2-c2ccccc2[C@]3(O)C(F)(F)F)cn1. The molecule has 4 N–H and O–H groups in total. The van der Waals surface area contributed by atoms with Crippen LogP contribution in [-0.2, 0) is 11.1 Å². The van der Waals surface area contributed by atoms with Crippen LogP contribution < -0.4 is 0 Å². The number of rotatable bonds is 5. The van der Waals surface area contributed by atoms with Crippen LogP contribution in [0.25, 0.3) is 22.3 Å². The molecule has 4 rings (SSSR count). The minimum Gasteiger partial charge on any atom is -0.394 e. The number of aliphatic hydroxyl groups excluding tert-OH is 3. The van der Waals surface area contributed by atoms with Crippen molar-refractivity contribution in [2.45, 2.75) is 17.3 Å². The molecule has 0 amide bonds. The predicted molar refractivity (Wildman–Crippen MR) is 101 cm³/mol. The molecule has 0 saturated carbocycles. The Labute approximate surface area is 169 Å². The smallest absolute Gasteiger partial charge is 0.394 e. The lowest BCUT2D eigenvalue weighted by atomic mass is 9.89. The van der Waals surface area contributed by atoms with Crippen molar-refractivity contribution in [2.75, 3.05) is 19.8 Å². The first-order valence-corrected chi connectivity index (χ1v) is 9.14. The van der Waals surface area contributed by atoms with Crippen LogP contribution in [0.3, 0.4) is 0 Å². The van der Waals surface area contributed by atoms with E-state index in [-0.39, 0.29) is 22.3 Å². The maximum absolute atomic E-state index is 14.0. The molecule has 1 aliphatic carbocycles. The average molecular weight is 420 g/mol. The van der Waals surface area contributed by atoms with E-state index < -0.39 is 37.1 Å². The quantitative estimate of drug-likeness (QED) is 0.506. The zero-order chi connectivity index (χ0) is 21.7. The van der Waals surface area contributed by atoms with Crippen LogP contribution in [0.2, 0.25) is 0 Å². The van der Waals surface area contributed by atoms with Gasteiger partial charge in [-0.25, -0.2) is 0 Å². The normalized spacial score (nSPS) is 18.4. The fraction of sp³-hybridized carbons (Fsp3) is 0.286. The minimum absolute atomic E-state index is 0.232. The van der Waals surface area contributed by atoms with Crippen molar-refractivity contribution in [3.05, 3.63) is 66.0 Å². The highest BCUT2D eigenvalue weighted by atomic mass is 19.4. The molecule has 30 heavy (non-hydrogen) atoms. The number of aromatic nitrogens is 2. The summed E-state index contributed by atoms with van der Waals surface area (Å²) < 4.78 is 43.1. The van der Waals surface area contributed by atoms with Crippen LogP contribution >= 0.6 is 0 Å². The second-order valence-electron chi connectivity index (χ2n) is 7.35. The Kier molecular flexibility index (Phi) is 4.74. The fourth-order valence-electron chi connectivity index (χ4n) is 3.94. The van der Waals surface area contributed by atoms with Crippen molar-refractivity contribution < 1.29 is 33.6 Å². The van der Waals surface area contributed by atoms with E-state index in [9.17, 15) is 33.6 Å². The second kappa shape index (κ2) is 6.92. The van der Waals surface area contributed by atoms with Gasteiger partial charge in [0.05, 0.1) is 26.0 Å². The highest BCUT2D eigenvalue weighted by Crippen LogP contribution is 2.57. The van der Waals surface area contributed by atoms with Gasteiger partial charge in [0.25, 0.3) is 0 Å². The molecule has 0 saturated heterocycles. The largest absolute Gasteiger partial charge is 0.425 e. The van der Waals surface area contributed by atoms with Gasteiger partial charge in [0.15, 0.2) is 0 Å². The molecule has 0 spiro atoms. The van der Waals surface area contributed by atoms with E-state index in [0.29, 0.717) is 11.1 Å². The first-order chi connectivity index (χ1) is 14.2. The summed E-state index contributed by atoms with van der Waals surface area (Å²) in [5, 5.41) is 43.7. The van der Waals surface area contributed by atoms with Gasteiger partial charge in [0, 0.05) is 22.9 Å². The average Bonchev–Trinajstić information content (AvgIpc) is 3.33. The molecular weight excluding hydrogens is 401 g/mol. The summed E-state index contributed by atoms with van der Waals surface area (Å²) in [6.07, 6.45) is -2.12. The summed E-state index contributed by atoms with van der Waals surface area (Å²) in [5.41, 5.74) is -3.83. The lowest BCUT2D eigenvalue weighted by molar-refractivity contribution is -0.246. The molecule has 6 nitrogen and oxygen atoms in total. The van der Waals surface area contributed by atoms with Crippen molar-refractivity contribution in [2.24, 2.45) is 0 Å². The van der Waals surface area contributed by atoms with Crippen LogP contribution in [0.15, 0.2) is 54.9 Å². The fourth-order valence-corrected chi connectivity index (χ4v) is 3.94. The Morgan fingerprint density at radius 3 is 2.10 bits per heavy atom. The first-order valence-electron chi connectivity index (χ1n) is 9.14. The molecule has 3 aromatic rings. The van der Waals surface area contributed by atoms with Crippen LogP contribution in [-0.4, -0.2) is 56.2 Å². The zero-order valence-corrected chi connectivity index (χ0v) is 15.6. The van der Waals surface area contributed by atoms with E-state index in [1.807, 2.05) is 0 Å². The molecule has 1 atom stereocenters. The van der Waals surface area contributed by atoms with Gasteiger partial charge in [-0.1, -0.05) is 42.5 Å². The minimum atomic E-state index is -4.93. The second-order valence-corrected chi connectivity index (χ2v) is 7.35. The number of nitrogens with zero attached hydrogens (tertiary/aromatic N) is 2. The number of hydrogen-bond donors (Lipinski definition) is 4. The highest BCUT2D eigenvalue weighted by Gasteiger charge is 2.61. The summed E-state index contributed by atoms with van der Waals surface area (Å²) in [6.45, 7) is -1.78. The Morgan fingerprint density at radius 2 is 1.47 bits per heavy atom. The van der Waals surface area contributed by atoms with Crippen molar-refractivity contribution in [1.29, 1.82) is 0 Å². The highest BCUT2D eigenvalue weighted by molar-refractivity contribution is 5.92. The third-order valence-corrected chi connectivity index (χ3v) is 5.71. The van der Waals surface area contributed by atoms with Crippen LogP contribution in [0.5, 0.6) is 0 Å². The maximum Gasteiger partial charge on any atom is 0.425 e. The van der Waals surface area contributed by atoms with Crippen molar-refractivity contribution in [3.63, 3.8) is 0 Å². The molecule has 0 fully saturated rings. The number of halogens is 3. The molecule has 0 aliphatic heterocycles. The summed E-state index contributed by atoms with van der Waals surface area (Å²) in [6, 6.07) is 10.1. The molecule has 2 aromatic carbocycles. The number of hydrogen-bond acceptors (Lipinski definition) is 5. The standard InChI is InChI=1S/C21H19F3N2O4/c22-21(23,24)20(30)16-6-2-1-4-15(16)18-14(5-3-7-17(18)20)13-8-25-26(9-13)19(10-27,11-28)12-29/h1-9,27-30H,10-12H2/t20-/m1/s1. The predicted octanol–water partition coefficient (Wildman–Crippen LogP) is 2.00. The van der Waals surface area contributed by atoms with E-state index in [1.165, 1.54) is 47.4 Å². The van der Waals surface area contributed by atoms with E-state index in [2.05, 4.69) is 5.10 Å². The molecule has 0 unspecified atom stereocenters. The zero-order valence-electron chi connectivity index (χ0n) is 15.6. The third kappa shape index (κ3) is 2.63. The Hall–Kier alpha value is -2.72. The van der Waals surface area contributed by atoms with Gasteiger partial charge in [0.1, 0.15) is 5.54 Å². The molecule has 0 radical (unpaired) electrons. The topological polar surface area (TPSA) is 98.7 Å². The molecule has 0 bridgehead atoms. The first kappa shape index (κ1) is 20.5. The Bertz CT molecular complexity index is 1080. The van der Waals surface area contributed by atoms with Gasteiger partial charge in [-0.2, -0.15) is 18.3 Å². The molecule has 1 heterocycles. The maximum atomic E-state index is 14.0. The monoisotopic (exact) mass is 420 g/mol. The number of alkyl halides is 3. The van der Waals surface area contributed by atoms with E-state index >= 15 is 0 Å². The summed E-state index contributed by atoms with van der Waals surface area (Å²) >= 11 is 0. The third-order valence-electron chi connectivity index (χ3n) is 5.71. The molecule has 9 heteroatoms. The number of fused-ring (bicyclic) bond motifs is 3. The van der Waals surface area contributed by atoms with Crippen LogP contribution in [0, 0.1) is 0 Å². The van der Waals surface area contributed by atoms with E-state index in [4.69, 9.17) is 0 Å². The van der Waals surface area contributed by atoms with Crippen LogP contribution in [0.4, 0.5) is 13.2 Å². The molecular formula is C21H19F3N2O4. The van der Waals surface area contributed by atoms with Crippen LogP contribution in [0.1, 0.15) is 11.1 Å². The summed E-state index contributed by atoms with van der Waals surface area (Å²) in [4.78, 5) is 0. The summed E-state index contributed by atoms with van der Waals surface area (Å²) in [7, 11) is 0. The van der Waals surface area contributed by atoms with Gasteiger partial charge >= 0.3 is 6.18 Å². The Morgan fingerprint density at radius 1 is 0.867 bits per heavy atom. The van der Waals surface area contributed by atoms with Crippen molar-refractivity contribution >= 4 is 0 Å². The Balaban J connectivity index is 1.95. The molecule has 1 aromatic heterocycles. The van der Waals surface area contributed by atoms with E-state index in [1.54, 1.807) is 12.1 Å². The van der Waals surface area contributed by atoms with Gasteiger partial charge in [0.2, 0.25) is 5.60 Å². The van der Waals surface area contributed by atoms with Crippen molar-refractivity contribution in [1.82, 2.24) is 9.78 Å². The number of aliphatic hydroxyl groups is 4. The lowest BCUT2D eigenvalue weighted by Gasteiger charge is -2.28. The summed E-state index contributed by atoms with van der Waals surface area (Å²) in [5.74, 6) is 0. The van der Waals surface area contributed by atoms with E-state index in [0.717, 1.165) is 0 Å². The van der Waals surface area contributed by atoms with Gasteiger partial charge in [-0.3, -0.25) is 4.68 Å². The van der Waals surface area contributed by atoms with Gasteiger partial charge < -0.3 is 20.4 Å². The molecule has 158 valence electrons. The van der Waals surface area contributed by atoms with Gasteiger partial charge in [-0.05, 0) is 16.7 Å². The van der Waals surface area contributed by atoms with Crippen molar-refractivity contribution in [3.8, 4) is 22.3 Å². The lowest BCUT2D eigenvalue weighted by Crippen LogP contribution is -2.45. The molecule has 1 aliphatic rings. The van der Waals surface area contributed by atoms with Gasteiger partial charge in [-0.15, -0.1) is 0 Å².